The van der Waals surface area contributed by atoms with Gasteiger partial charge in [0.05, 0.1) is 37.1 Å². The van der Waals surface area contributed by atoms with Crippen LogP contribution in [0.2, 0.25) is 10.0 Å². The van der Waals surface area contributed by atoms with Crippen LogP contribution in [0.1, 0.15) is 27.9 Å². The Bertz CT molecular complexity index is 1090. The third-order valence-corrected chi connectivity index (χ3v) is 6.06. The molecule has 10 heteroatoms. The predicted octanol–water partition coefficient (Wildman–Crippen LogP) is 5.64. The zero-order chi connectivity index (χ0) is 18.8. The summed E-state index contributed by atoms with van der Waals surface area (Å²) in [6.07, 6.45) is 0. The van der Waals surface area contributed by atoms with Crippen molar-refractivity contribution in [3.8, 4) is 0 Å². The molecular weight excluding hydrogens is 419 g/mol. The van der Waals surface area contributed by atoms with E-state index in [1.807, 2.05) is 5.38 Å². The first kappa shape index (κ1) is 18.8. The molecule has 4 aromatic heterocycles. The fraction of sp³-hybridized carbons (Fsp3) is 0.125. The van der Waals surface area contributed by atoms with Crippen LogP contribution in [0.15, 0.2) is 22.9 Å². The normalized spacial score (nSPS) is 10.7. The lowest BCUT2D eigenvalue weighted by Crippen LogP contribution is -2.04. The van der Waals surface area contributed by atoms with E-state index in [0.29, 0.717) is 27.9 Å². The number of esters is 1. The molecule has 136 valence electrons. The number of H-pyrrole nitrogens is 2. The maximum atomic E-state index is 11.3. The summed E-state index contributed by atoms with van der Waals surface area (Å²) in [6.45, 7) is 2.15. The minimum absolute atomic E-state index is 0.179. The smallest absolute Gasteiger partial charge is 0.354 e. The topological polar surface area (TPSA) is 95.2 Å². The Labute approximate surface area is 165 Å². The van der Waals surface area contributed by atoms with Crippen LogP contribution in [0.3, 0.4) is 0 Å². The predicted molar refractivity (Wildman–Crippen MR) is 105 cm³/mol. The number of nitrogens with one attached hydrogen (secondary N) is 2. The quantitative estimate of drug-likeness (QED) is 0.366. The van der Waals surface area contributed by atoms with Gasteiger partial charge < -0.3 is 19.8 Å². The average Bonchev–Trinajstić information content (AvgIpc) is 3.33. The zero-order valence-corrected chi connectivity index (χ0v) is 16.4. The van der Waals surface area contributed by atoms with Gasteiger partial charge in [-0.15, -0.1) is 22.7 Å². The molecule has 0 atom stereocenters. The van der Waals surface area contributed by atoms with Gasteiger partial charge in [-0.2, -0.15) is 0 Å². The summed E-state index contributed by atoms with van der Waals surface area (Å²) in [5.41, 5.74) is 2.15. The summed E-state index contributed by atoms with van der Waals surface area (Å²) in [4.78, 5) is 27.5. The van der Waals surface area contributed by atoms with Crippen molar-refractivity contribution in [3.05, 3.63) is 44.3 Å². The van der Waals surface area contributed by atoms with Crippen LogP contribution in [-0.4, -0.2) is 33.6 Å². The van der Waals surface area contributed by atoms with E-state index in [2.05, 4.69) is 9.97 Å². The molecule has 0 saturated carbocycles. The molecule has 0 aromatic carbocycles. The highest BCUT2D eigenvalue weighted by molar-refractivity contribution is 7.18. The Hall–Kier alpha value is -2.00. The number of rotatable bonds is 3. The van der Waals surface area contributed by atoms with E-state index in [4.69, 9.17) is 33.0 Å². The number of aromatic amines is 2. The molecule has 0 fully saturated rings. The molecule has 0 radical (unpaired) electrons. The van der Waals surface area contributed by atoms with E-state index in [0.717, 1.165) is 14.9 Å². The zero-order valence-electron chi connectivity index (χ0n) is 13.3. The molecule has 4 heterocycles. The Balaban J connectivity index is 0.000000152. The third kappa shape index (κ3) is 3.73. The van der Waals surface area contributed by atoms with Crippen molar-refractivity contribution >= 4 is 78.2 Å². The first-order valence-electron chi connectivity index (χ1n) is 7.32. The van der Waals surface area contributed by atoms with E-state index in [-0.39, 0.29) is 11.7 Å². The minimum atomic E-state index is -0.963. The summed E-state index contributed by atoms with van der Waals surface area (Å²) in [6, 6.07) is 3.33. The molecule has 0 unspecified atom stereocenters. The van der Waals surface area contributed by atoms with Crippen LogP contribution < -0.4 is 0 Å². The van der Waals surface area contributed by atoms with E-state index < -0.39 is 5.97 Å². The fourth-order valence-corrected chi connectivity index (χ4v) is 4.50. The molecule has 26 heavy (non-hydrogen) atoms. The van der Waals surface area contributed by atoms with Crippen molar-refractivity contribution in [1.82, 2.24) is 9.97 Å². The second-order valence-corrected chi connectivity index (χ2v) is 7.67. The third-order valence-electron chi connectivity index (χ3n) is 3.35. The second kappa shape index (κ2) is 7.71. The molecule has 0 spiro atoms. The van der Waals surface area contributed by atoms with Crippen LogP contribution in [0.25, 0.3) is 20.4 Å². The molecule has 0 aliphatic heterocycles. The van der Waals surface area contributed by atoms with Gasteiger partial charge in [-0.25, -0.2) is 9.59 Å². The van der Waals surface area contributed by atoms with Crippen molar-refractivity contribution in [2.45, 2.75) is 6.92 Å². The number of carbonyl (C=O) groups is 2. The molecule has 0 saturated heterocycles. The Morgan fingerprint density at radius 3 is 2.00 bits per heavy atom. The molecule has 0 bridgehead atoms. The summed E-state index contributed by atoms with van der Waals surface area (Å²) in [5, 5.41) is 13.4. The monoisotopic (exact) mass is 430 g/mol. The van der Waals surface area contributed by atoms with Gasteiger partial charge in [0, 0.05) is 10.8 Å². The second-order valence-electron chi connectivity index (χ2n) is 5.04. The lowest BCUT2D eigenvalue weighted by atomic mass is 10.4. The minimum Gasteiger partial charge on any atom is -0.477 e. The Morgan fingerprint density at radius 2 is 1.54 bits per heavy atom. The number of halogens is 2. The van der Waals surface area contributed by atoms with Gasteiger partial charge in [0.1, 0.15) is 11.4 Å². The van der Waals surface area contributed by atoms with Crippen LogP contribution >= 0.6 is 45.9 Å². The number of hydrogen-bond acceptors (Lipinski definition) is 5. The number of carboxylic acid groups (broad SMARTS) is 1. The highest BCUT2D eigenvalue weighted by Gasteiger charge is 2.13. The number of thiophene rings is 2. The van der Waals surface area contributed by atoms with E-state index in [9.17, 15) is 9.59 Å². The summed E-state index contributed by atoms with van der Waals surface area (Å²) >= 11 is 14.6. The van der Waals surface area contributed by atoms with Gasteiger partial charge in [0.25, 0.3) is 0 Å². The maximum absolute atomic E-state index is 11.3. The van der Waals surface area contributed by atoms with E-state index >= 15 is 0 Å². The number of ether oxygens (including phenoxy) is 1. The molecule has 0 aliphatic carbocycles. The Morgan fingerprint density at radius 1 is 1.04 bits per heavy atom. The highest BCUT2D eigenvalue weighted by Crippen LogP contribution is 2.30. The van der Waals surface area contributed by atoms with E-state index in [1.165, 1.54) is 22.7 Å². The first-order valence-corrected chi connectivity index (χ1v) is 9.84. The molecule has 0 amide bonds. The van der Waals surface area contributed by atoms with Crippen molar-refractivity contribution in [3.63, 3.8) is 0 Å². The van der Waals surface area contributed by atoms with Crippen LogP contribution in [-0.2, 0) is 4.74 Å². The molecule has 0 aliphatic rings. The summed E-state index contributed by atoms with van der Waals surface area (Å²) in [7, 11) is 0. The maximum Gasteiger partial charge on any atom is 0.354 e. The summed E-state index contributed by atoms with van der Waals surface area (Å²) in [5.74, 6) is -1.30. The standard InChI is InChI=1S/C9H8ClNO2S.C7H4ClNO2S/c1-2-13-9(12)6-3-7-8(11-6)5(10)4-14-7;8-3-2-12-5-1-4(7(10)11)9-6(3)5/h3-4,11H,2H2,1H3;1-2,9H,(H,10,11). The largest absolute Gasteiger partial charge is 0.477 e. The van der Waals surface area contributed by atoms with Gasteiger partial charge >= 0.3 is 11.9 Å². The van der Waals surface area contributed by atoms with Gasteiger partial charge in [-0.1, -0.05) is 23.2 Å². The Kier molecular flexibility index (Phi) is 5.57. The number of fused-ring (bicyclic) bond motifs is 2. The number of carbonyl (C=O) groups excluding carboxylic acids is 1. The van der Waals surface area contributed by atoms with Crippen LogP contribution in [0.5, 0.6) is 0 Å². The highest BCUT2D eigenvalue weighted by atomic mass is 35.5. The van der Waals surface area contributed by atoms with Crippen molar-refractivity contribution in [2.24, 2.45) is 0 Å². The number of carboxylic acids is 1. The molecule has 4 rings (SSSR count). The lowest BCUT2D eigenvalue weighted by molar-refractivity contribution is 0.0520. The van der Waals surface area contributed by atoms with Crippen LogP contribution in [0.4, 0.5) is 0 Å². The van der Waals surface area contributed by atoms with Crippen molar-refractivity contribution in [1.29, 1.82) is 0 Å². The SMILES string of the molecule is CCOC(=O)c1cc2scc(Cl)c2[nH]1.O=C(O)c1cc2scc(Cl)c2[nH]1. The number of aromatic carboxylic acids is 1. The molecule has 6 nitrogen and oxygen atoms in total. The molecule has 4 aromatic rings. The van der Waals surface area contributed by atoms with Crippen molar-refractivity contribution in [2.75, 3.05) is 6.61 Å². The van der Waals surface area contributed by atoms with E-state index in [1.54, 1.807) is 24.4 Å². The van der Waals surface area contributed by atoms with Gasteiger partial charge in [0.15, 0.2) is 0 Å². The number of aromatic nitrogens is 2. The van der Waals surface area contributed by atoms with Crippen molar-refractivity contribution < 1.29 is 19.4 Å². The molecular formula is C16H12Cl2N2O4S2. The lowest BCUT2D eigenvalue weighted by Gasteiger charge is -1.96. The molecule has 3 N–H and O–H groups in total. The summed E-state index contributed by atoms with van der Waals surface area (Å²) < 4.78 is 6.70. The number of hydrogen-bond donors (Lipinski definition) is 3. The first-order chi connectivity index (χ1) is 12.4. The van der Waals surface area contributed by atoms with Gasteiger partial charge in [0.2, 0.25) is 0 Å². The fourth-order valence-electron chi connectivity index (χ4n) is 2.19. The average molecular weight is 431 g/mol. The van der Waals surface area contributed by atoms with Gasteiger partial charge in [-0.05, 0) is 19.1 Å². The van der Waals surface area contributed by atoms with Crippen LogP contribution in [0, 0.1) is 0 Å². The van der Waals surface area contributed by atoms with Gasteiger partial charge in [-0.3, -0.25) is 0 Å².